The van der Waals surface area contributed by atoms with Crippen LogP contribution in [0.3, 0.4) is 0 Å². The first-order valence-corrected chi connectivity index (χ1v) is 10.7. The van der Waals surface area contributed by atoms with E-state index in [4.69, 9.17) is 0 Å². The van der Waals surface area contributed by atoms with Gasteiger partial charge in [0.1, 0.15) is 0 Å². The Hall–Kier alpha value is -3.99. The second-order valence-electron chi connectivity index (χ2n) is 7.01. The zero-order valence-electron chi connectivity index (χ0n) is 18.0. The summed E-state index contributed by atoms with van der Waals surface area (Å²) in [5.41, 5.74) is -0.144. The molecule has 0 saturated heterocycles. The minimum absolute atomic E-state index is 0.0261. The molecule has 2 aromatic carbocycles. The van der Waals surface area contributed by atoms with E-state index < -0.39 is 23.6 Å². The Bertz CT molecular complexity index is 1240. The standard InChI is InChI=1S/C23H19F3N4O3S/c1-14(31)27-19-10-8-16(23(24,25)26)12-20(19)29-21(33)11-9-17-13-34-22(28-17)30(15(2)32)18-6-4-3-5-7-18/h3-13H,1-2H3,(H,27,31)(H,29,33)/b11-9+. The van der Waals surface area contributed by atoms with Gasteiger partial charge >= 0.3 is 6.18 Å². The van der Waals surface area contributed by atoms with Crippen molar-refractivity contribution in [3.63, 3.8) is 0 Å². The minimum Gasteiger partial charge on any atom is -0.325 e. The van der Waals surface area contributed by atoms with Crippen LogP contribution in [0.4, 0.5) is 35.4 Å². The molecule has 3 amide bonds. The molecular formula is C23H19F3N4O3S. The van der Waals surface area contributed by atoms with Crippen LogP contribution in [0.15, 0.2) is 60.0 Å². The van der Waals surface area contributed by atoms with Crippen LogP contribution in [0.25, 0.3) is 6.08 Å². The quantitative estimate of drug-likeness (QED) is 0.451. The Morgan fingerprint density at radius 1 is 1.00 bits per heavy atom. The van der Waals surface area contributed by atoms with E-state index in [0.29, 0.717) is 16.5 Å². The topological polar surface area (TPSA) is 91.4 Å². The van der Waals surface area contributed by atoms with Crippen LogP contribution in [0.1, 0.15) is 25.1 Å². The molecule has 0 bridgehead atoms. The van der Waals surface area contributed by atoms with Crippen LogP contribution < -0.4 is 15.5 Å². The fourth-order valence-corrected chi connectivity index (χ4v) is 3.77. The molecule has 1 heterocycles. The van der Waals surface area contributed by atoms with E-state index in [1.54, 1.807) is 29.6 Å². The van der Waals surface area contributed by atoms with E-state index in [-0.39, 0.29) is 17.3 Å². The van der Waals surface area contributed by atoms with E-state index >= 15 is 0 Å². The number of nitrogens with one attached hydrogen (secondary N) is 2. The number of amides is 3. The van der Waals surface area contributed by atoms with Gasteiger partial charge in [-0.2, -0.15) is 13.2 Å². The first-order chi connectivity index (χ1) is 16.0. The van der Waals surface area contributed by atoms with Crippen molar-refractivity contribution in [2.45, 2.75) is 20.0 Å². The highest BCUT2D eigenvalue weighted by Gasteiger charge is 2.31. The number of hydrogen-bond acceptors (Lipinski definition) is 5. The molecule has 0 radical (unpaired) electrons. The molecule has 0 aliphatic rings. The first kappa shape index (κ1) is 24.6. The molecule has 3 aromatic rings. The van der Waals surface area contributed by atoms with Crippen molar-refractivity contribution < 1.29 is 27.6 Å². The molecule has 1 aromatic heterocycles. The van der Waals surface area contributed by atoms with Gasteiger partial charge in [0.2, 0.25) is 17.7 Å². The number of aromatic nitrogens is 1. The van der Waals surface area contributed by atoms with Crippen LogP contribution in [0.5, 0.6) is 0 Å². The molecule has 2 N–H and O–H groups in total. The highest BCUT2D eigenvalue weighted by molar-refractivity contribution is 7.14. The van der Waals surface area contributed by atoms with Gasteiger partial charge in [-0.25, -0.2) is 4.98 Å². The smallest absolute Gasteiger partial charge is 0.325 e. The van der Waals surface area contributed by atoms with Gasteiger partial charge in [0, 0.05) is 25.3 Å². The monoisotopic (exact) mass is 488 g/mol. The third-order valence-electron chi connectivity index (χ3n) is 4.35. The lowest BCUT2D eigenvalue weighted by Crippen LogP contribution is -2.22. The van der Waals surface area contributed by atoms with E-state index in [1.807, 2.05) is 6.07 Å². The fraction of sp³-hybridized carbons (Fsp3) is 0.130. The van der Waals surface area contributed by atoms with Crippen LogP contribution in [-0.4, -0.2) is 22.7 Å². The van der Waals surface area contributed by atoms with Gasteiger partial charge in [-0.1, -0.05) is 18.2 Å². The second kappa shape index (κ2) is 10.3. The SMILES string of the molecule is CC(=O)Nc1ccc(C(F)(F)F)cc1NC(=O)/C=C/c1csc(N(C(C)=O)c2ccccc2)n1. The van der Waals surface area contributed by atoms with Gasteiger partial charge in [0.25, 0.3) is 0 Å². The number of hydrogen-bond donors (Lipinski definition) is 2. The number of benzene rings is 2. The Morgan fingerprint density at radius 3 is 2.32 bits per heavy atom. The van der Waals surface area contributed by atoms with E-state index in [2.05, 4.69) is 15.6 Å². The number of carbonyl (C=O) groups is 3. The van der Waals surface area contributed by atoms with E-state index in [0.717, 1.165) is 24.3 Å². The van der Waals surface area contributed by atoms with Crippen LogP contribution in [0, 0.1) is 0 Å². The zero-order valence-corrected chi connectivity index (χ0v) is 18.8. The predicted octanol–water partition coefficient (Wildman–Crippen LogP) is 5.46. The number of anilines is 4. The molecule has 0 unspecified atom stereocenters. The number of carbonyl (C=O) groups excluding carboxylic acids is 3. The van der Waals surface area contributed by atoms with Gasteiger partial charge in [-0.05, 0) is 36.4 Å². The Labute approximate surface area is 196 Å². The van der Waals surface area contributed by atoms with Crippen molar-refractivity contribution >= 4 is 57.3 Å². The molecule has 0 fully saturated rings. The molecule has 0 spiro atoms. The van der Waals surface area contributed by atoms with Crippen LogP contribution in [-0.2, 0) is 20.6 Å². The third-order valence-corrected chi connectivity index (χ3v) is 5.20. The summed E-state index contributed by atoms with van der Waals surface area (Å²) in [4.78, 5) is 41.6. The summed E-state index contributed by atoms with van der Waals surface area (Å²) in [5, 5.41) is 6.75. The van der Waals surface area contributed by atoms with E-state index in [1.165, 1.54) is 36.2 Å². The number of halogens is 3. The maximum absolute atomic E-state index is 13.1. The Balaban J connectivity index is 1.79. The summed E-state index contributed by atoms with van der Waals surface area (Å²) in [6.45, 7) is 2.60. The average Bonchev–Trinajstić information content (AvgIpc) is 3.21. The first-order valence-electron chi connectivity index (χ1n) is 9.84. The molecule has 7 nitrogen and oxygen atoms in total. The number of alkyl halides is 3. The second-order valence-corrected chi connectivity index (χ2v) is 7.84. The molecule has 0 aliphatic carbocycles. The molecule has 176 valence electrons. The summed E-state index contributed by atoms with van der Waals surface area (Å²) >= 11 is 1.19. The minimum atomic E-state index is -4.62. The van der Waals surface area contributed by atoms with Gasteiger partial charge in [0.15, 0.2) is 5.13 Å². The van der Waals surface area contributed by atoms with Crippen molar-refractivity contribution in [2.24, 2.45) is 0 Å². The number of rotatable bonds is 6. The van der Waals surface area contributed by atoms with Gasteiger partial charge in [-0.15, -0.1) is 11.3 Å². The largest absolute Gasteiger partial charge is 0.416 e. The number of thiazole rings is 1. The molecule has 3 rings (SSSR count). The van der Waals surface area contributed by atoms with Crippen LogP contribution in [0.2, 0.25) is 0 Å². The third kappa shape index (κ3) is 6.29. The molecule has 11 heteroatoms. The summed E-state index contributed by atoms with van der Waals surface area (Å²) in [7, 11) is 0. The fourth-order valence-electron chi connectivity index (χ4n) is 2.92. The van der Waals surface area contributed by atoms with Gasteiger partial charge in [0.05, 0.1) is 28.3 Å². The lowest BCUT2D eigenvalue weighted by Gasteiger charge is -2.17. The maximum atomic E-state index is 13.1. The Kier molecular flexibility index (Phi) is 7.47. The van der Waals surface area contributed by atoms with Gasteiger partial charge in [-0.3, -0.25) is 19.3 Å². The lowest BCUT2D eigenvalue weighted by atomic mass is 10.1. The predicted molar refractivity (Wildman–Crippen MR) is 125 cm³/mol. The number of para-hydroxylation sites is 1. The molecule has 0 aliphatic heterocycles. The average molecular weight is 488 g/mol. The molecule has 0 atom stereocenters. The summed E-state index contributed by atoms with van der Waals surface area (Å²) < 4.78 is 39.2. The van der Waals surface area contributed by atoms with Crippen molar-refractivity contribution in [3.8, 4) is 0 Å². The maximum Gasteiger partial charge on any atom is 0.416 e. The van der Waals surface area contributed by atoms with Crippen molar-refractivity contribution in [2.75, 3.05) is 15.5 Å². The molecule has 0 saturated carbocycles. The highest BCUT2D eigenvalue weighted by Crippen LogP contribution is 2.34. The van der Waals surface area contributed by atoms with Gasteiger partial charge < -0.3 is 10.6 Å². The molecular weight excluding hydrogens is 469 g/mol. The Morgan fingerprint density at radius 2 is 1.71 bits per heavy atom. The van der Waals surface area contributed by atoms with Crippen molar-refractivity contribution in [1.82, 2.24) is 4.98 Å². The summed E-state index contributed by atoms with van der Waals surface area (Å²) in [6.07, 6.45) is -2.16. The summed E-state index contributed by atoms with van der Waals surface area (Å²) in [6, 6.07) is 11.5. The van der Waals surface area contributed by atoms with E-state index in [9.17, 15) is 27.6 Å². The zero-order chi connectivity index (χ0) is 24.9. The van der Waals surface area contributed by atoms with Crippen molar-refractivity contribution in [3.05, 3.63) is 71.2 Å². The van der Waals surface area contributed by atoms with Crippen molar-refractivity contribution in [1.29, 1.82) is 0 Å². The van der Waals surface area contributed by atoms with Crippen LogP contribution >= 0.6 is 11.3 Å². The summed E-state index contributed by atoms with van der Waals surface area (Å²) in [5.74, 6) is -1.48. The molecule has 34 heavy (non-hydrogen) atoms. The number of nitrogens with zero attached hydrogens (tertiary/aromatic N) is 2. The normalized spacial score (nSPS) is 11.3. The highest BCUT2D eigenvalue weighted by atomic mass is 32.1. The lowest BCUT2D eigenvalue weighted by molar-refractivity contribution is -0.137.